The van der Waals surface area contributed by atoms with Crippen molar-refractivity contribution in [2.24, 2.45) is 5.92 Å². The normalized spacial score (nSPS) is 23.5. The summed E-state index contributed by atoms with van der Waals surface area (Å²) < 4.78 is 4.96. The fourth-order valence-electron chi connectivity index (χ4n) is 1.71. The van der Waals surface area contributed by atoms with Gasteiger partial charge in [-0.05, 0) is 30.9 Å². The number of hydrogen-bond acceptors (Lipinski definition) is 4. The summed E-state index contributed by atoms with van der Waals surface area (Å²) >= 11 is 0. The quantitative estimate of drug-likeness (QED) is 0.758. The zero-order valence-corrected chi connectivity index (χ0v) is 8.64. The van der Waals surface area contributed by atoms with Crippen molar-refractivity contribution in [3.05, 3.63) is 23.9 Å². The average molecular weight is 206 g/mol. The Bertz CT molecular complexity index is 361. The molecular weight excluding hydrogens is 192 g/mol. The average Bonchev–Trinajstić information content (AvgIpc) is 2.99. The molecule has 0 aromatic carbocycles. The van der Waals surface area contributed by atoms with Gasteiger partial charge in [-0.2, -0.15) is 0 Å². The van der Waals surface area contributed by atoms with E-state index in [9.17, 15) is 4.79 Å². The molecule has 4 nitrogen and oxygen atoms in total. The molecule has 1 aromatic heterocycles. The Labute approximate surface area is 88.4 Å². The van der Waals surface area contributed by atoms with Crippen molar-refractivity contribution < 1.29 is 9.53 Å². The first-order chi connectivity index (χ1) is 7.22. The maximum atomic E-state index is 11.4. The van der Waals surface area contributed by atoms with Crippen LogP contribution < -0.4 is 5.73 Å². The van der Waals surface area contributed by atoms with Gasteiger partial charge in [0.2, 0.25) is 0 Å². The second-order valence-corrected chi connectivity index (χ2v) is 3.72. The highest BCUT2D eigenvalue weighted by atomic mass is 16.5. The molecule has 0 spiro atoms. The van der Waals surface area contributed by atoms with Crippen LogP contribution in [0.2, 0.25) is 0 Å². The van der Waals surface area contributed by atoms with Gasteiger partial charge in [-0.25, -0.2) is 4.98 Å². The second-order valence-electron chi connectivity index (χ2n) is 3.72. The van der Waals surface area contributed by atoms with Crippen molar-refractivity contribution in [3.8, 4) is 0 Å². The largest absolute Gasteiger partial charge is 0.466 e. The van der Waals surface area contributed by atoms with Crippen molar-refractivity contribution in [1.82, 2.24) is 4.98 Å². The number of esters is 1. The van der Waals surface area contributed by atoms with E-state index in [0.717, 1.165) is 12.0 Å². The van der Waals surface area contributed by atoms with Crippen LogP contribution >= 0.6 is 0 Å². The van der Waals surface area contributed by atoms with Crippen LogP contribution in [0.25, 0.3) is 0 Å². The summed E-state index contributed by atoms with van der Waals surface area (Å²) in [6.07, 6.45) is 2.60. The van der Waals surface area contributed by atoms with Gasteiger partial charge >= 0.3 is 5.97 Å². The van der Waals surface area contributed by atoms with E-state index in [1.165, 1.54) is 0 Å². The van der Waals surface area contributed by atoms with E-state index in [1.54, 1.807) is 12.3 Å². The van der Waals surface area contributed by atoms with Crippen LogP contribution in [-0.2, 0) is 9.53 Å². The monoisotopic (exact) mass is 206 g/mol. The molecule has 1 aromatic rings. The first kappa shape index (κ1) is 9.96. The standard InChI is InChI=1S/C11H14N2O2/c1-2-15-11(14)9-5-8(9)7-3-4-10(12)13-6-7/h3-4,6,8-9H,2,5H2,1H3,(H2,12,13)/t8-,9+/m1/s1. The predicted octanol–water partition coefficient (Wildman–Crippen LogP) is 1.33. The number of pyridine rings is 1. The number of rotatable bonds is 3. The van der Waals surface area contributed by atoms with Crippen LogP contribution in [-0.4, -0.2) is 17.6 Å². The van der Waals surface area contributed by atoms with Crippen molar-refractivity contribution >= 4 is 11.8 Å². The van der Waals surface area contributed by atoms with Gasteiger partial charge in [-0.1, -0.05) is 6.07 Å². The molecule has 2 rings (SSSR count). The Morgan fingerprint density at radius 2 is 2.47 bits per heavy atom. The van der Waals surface area contributed by atoms with Crippen LogP contribution in [0.5, 0.6) is 0 Å². The Morgan fingerprint density at radius 3 is 3.07 bits per heavy atom. The van der Waals surface area contributed by atoms with Crippen LogP contribution in [0, 0.1) is 5.92 Å². The molecule has 1 fully saturated rings. The number of carbonyl (C=O) groups is 1. The molecule has 0 saturated heterocycles. The fourth-order valence-corrected chi connectivity index (χ4v) is 1.71. The van der Waals surface area contributed by atoms with E-state index in [0.29, 0.717) is 12.4 Å². The summed E-state index contributed by atoms with van der Waals surface area (Å²) in [5.41, 5.74) is 6.56. The number of hydrogen-bond donors (Lipinski definition) is 1. The number of nitrogens with two attached hydrogens (primary N) is 1. The van der Waals surface area contributed by atoms with Gasteiger partial charge in [0.15, 0.2) is 0 Å². The molecule has 4 heteroatoms. The van der Waals surface area contributed by atoms with Gasteiger partial charge in [0.25, 0.3) is 0 Å². The summed E-state index contributed by atoms with van der Waals surface area (Å²) in [5.74, 6) is 0.707. The van der Waals surface area contributed by atoms with E-state index in [-0.39, 0.29) is 17.8 Å². The molecule has 2 atom stereocenters. The molecule has 0 aliphatic heterocycles. The molecule has 0 bridgehead atoms. The van der Waals surface area contributed by atoms with Gasteiger partial charge in [-0.15, -0.1) is 0 Å². The maximum Gasteiger partial charge on any atom is 0.309 e. The molecule has 0 radical (unpaired) electrons. The number of aromatic nitrogens is 1. The zero-order valence-electron chi connectivity index (χ0n) is 8.64. The third kappa shape index (κ3) is 2.09. The van der Waals surface area contributed by atoms with Gasteiger partial charge in [0, 0.05) is 6.20 Å². The molecule has 1 aliphatic rings. The molecule has 15 heavy (non-hydrogen) atoms. The number of carbonyl (C=O) groups excluding carboxylic acids is 1. The Balaban J connectivity index is 1.98. The van der Waals surface area contributed by atoms with Crippen molar-refractivity contribution in [2.75, 3.05) is 12.3 Å². The van der Waals surface area contributed by atoms with Crippen LogP contribution in [0.3, 0.4) is 0 Å². The van der Waals surface area contributed by atoms with E-state index in [4.69, 9.17) is 10.5 Å². The summed E-state index contributed by atoms with van der Waals surface area (Å²) in [4.78, 5) is 15.4. The van der Waals surface area contributed by atoms with Gasteiger partial charge in [-0.3, -0.25) is 4.79 Å². The summed E-state index contributed by atoms with van der Waals surface area (Å²) in [7, 11) is 0. The smallest absolute Gasteiger partial charge is 0.309 e. The Morgan fingerprint density at radius 1 is 1.67 bits per heavy atom. The number of ether oxygens (including phenoxy) is 1. The van der Waals surface area contributed by atoms with E-state index in [2.05, 4.69) is 4.98 Å². The third-order valence-corrected chi connectivity index (χ3v) is 2.62. The van der Waals surface area contributed by atoms with Gasteiger partial charge in [0.05, 0.1) is 12.5 Å². The lowest BCUT2D eigenvalue weighted by Crippen LogP contribution is -2.07. The number of anilines is 1. The zero-order chi connectivity index (χ0) is 10.8. The minimum absolute atomic E-state index is 0.0235. The summed E-state index contributed by atoms with van der Waals surface area (Å²) in [6, 6.07) is 3.68. The van der Waals surface area contributed by atoms with Crippen LogP contribution in [0.4, 0.5) is 5.82 Å². The van der Waals surface area contributed by atoms with E-state index in [1.807, 2.05) is 13.0 Å². The first-order valence-electron chi connectivity index (χ1n) is 5.10. The minimum Gasteiger partial charge on any atom is -0.466 e. The first-order valence-corrected chi connectivity index (χ1v) is 5.10. The van der Waals surface area contributed by atoms with Crippen molar-refractivity contribution in [1.29, 1.82) is 0 Å². The highest BCUT2D eigenvalue weighted by Gasteiger charge is 2.45. The minimum atomic E-state index is -0.0978. The van der Waals surface area contributed by atoms with Crippen LogP contribution in [0.1, 0.15) is 24.8 Å². The molecule has 1 saturated carbocycles. The maximum absolute atomic E-state index is 11.4. The Kier molecular flexibility index (Phi) is 2.58. The lowest BCUT2D eigenvalue weighted by molar-refractivity contribution is -0.144. The van der Waals surface area contributed by atoms with Gasteiger partial charge < -0.3 is 10.5 Å². The van der Waals surface area contributed by atoms with E-state index >= 15 is 0 Å². The lowest BCUT2D eigenvalue weighted by atomic mass is 10.1. The molecule has 0 amide bonds. The lowest BCUT2D eigenvalue weighted by Gasteiger charge is -2.01. The summed E-state index contributed by atoms with van der Waals surface area (Å²) in [5, 5.41) is 0. The Hall–Kier alpha value is -1.58. The highest BCUT2D eigenvalue weighted by Crippen LogP contribution is 2.47. The number of nitrogens with zero attached hydrogens (tertiary/aromatic N) is 1. The van der Waals surface area contributed by atoms with Crippen molar-refractivity contribution in [3.63, 3.8) is 0 Å². The third-order valence-electron chi connectivity index (χ3n) is 2.62. The SMILES string of the molecule is CCOC(=O)[C@H]1C[C@@H]1c1ccc(N)nc1. The number of nitrogen functional groups attached to an aromatic ring is 1. The fraction of sp³-hybridized carbons (Fsp3) is 0.455. The molecule has 2 N–H and O–H groups in total. The second kappa shape index (κ2) is 3.88. The van der Waals surface area contributed by atoms with Crippen LogP contribution in [0.15, 0.2) is 18.3 Å². The molecule has 80 valence electrons. The molecule has 1 heterocycles. The summed E-state index contributed by atoms with van der Waals surface area (Å²) in [6.45, 7) is 2.27. The van der Waals surface area contributed by atoms with Gasteiger partial charge in [0.1, 0.15) is 5.82 Å². The molecule has 1 aliphatic carbocycles. The highest BCUT2D eigenvalue weighted by molar-refractivity contribution is 5.77. The topological polar surface area (TPSA) is 65.2 Å². The molecular formula is C11H14N2O2. The van der Waals surface area contributed by atoms with E-state index < -0.39 is 0 Å². The molecule has 0 unspecified atom stereocenters. The van der Waals surface area contributed by atoms with Crippen molar-refractivity contribution in [2.45, 2.75) is 19.3 Å². The predicted molar refractivity (Wildman–Crippen MR) is 56.1 cm³/mol.